The Morgan fingerprint density at radius 3 is 2.79 bits per heavy atom. The van der Waals surface area contributed by atoms with Gasteiger partial charge in [-0.05, 0) is 73.1 Å². The zero-order valence-corrected chi connectivity index (χ0v) is 16.7. The molecule has 144 valence electrons. The van der Waals surface area contributed by atoms with Gasteiger partial charge in [-0.2, -0.15) is 5.10 Å². The second-order valence-corrected chi connectivity index (χ2v) is 8.63. The Balaban J connectivity index is 1.48. The maximum absolute atomic E-state index is 4.65. The van der Waals surface area contributed by atoms with E-state index in [2.05, 4.69) is 73.3 Å². The van der Waals surface area contributed by atoms with Gasteiger partial charge in [0.25, 0.3) is 0 Å². The Morgan fingerprint density at radius 1 is 1.00 bits per heavy atom. The van der Waals surface area contributed by atoms with Crippen LogP contribution in [0.3, 0.4) is 0 Å². The van der Waals surface area contributed by atoms with Gasteiger partial charge in [0, 0.05) is 27.4 Å². The molecule has 29 heavy (non-hydrogen) atoms. The Labute approximate surface area is 172 Å². The third kappa shape index (κ3) is 2.87. The molecule has 1 aliphatic heterocycles. The van der Waals surface area contributed by atoms with Crippen LogP contribution in [0.5, 0.6) is 0 Å². The van der Waals surface area contributed by atoms with Crippen LogP contribution in [0, 0.1) is 0 Å². The normalized spacial score (nSPS) is 15.4. The number of aromatic amines is 2. The number of piperidine rings is 1. The molecule has 0 unspecified atom stereocenters. The van der Waals surface area contributed by atoms with Gasteiger partial charge in [-0.25, -0.2) is 4.98 Å². The summed E-state index contributed by atoms with van der Waals surface area (Å²) in [5.41, 5.74) is 6.56. The summed E-state index contributed by atoms with van der Waals surface area (Å²) in [6.45, 7) is 2.19. The van der Waals surface area contributed by atoms with Crippen molar-refractivity contribution in [1.29, 1.82) is 0 Å². The van der Waals surface area contributed by atoms with Crippen molar-refractivity contribution in [2.75, 3.05) is 13.1 Å². The minimum Gasteiger partial charge on any atom is -0.338 e. The number of nitrogens with zero attached hydrogens (tertiary/aromatic N) is 2. The van der Waals surface area contributed by atoms with Gasteiger partial charge in [-0.1, -0.05) is 12.1 Å². The lowest BCUT2D eigenvalue weighted by atomic mass is 9.89. The summed E-state index contributed by atoms with van der Waals surface area (Å²) >= 11 is 1.75. The first-order chi connectivity index (χ1) is 14.4. The molecule has 0 atom stereocenters. The lowest BCUT2D eigenvalue weighted by molar-refractivity contribution is 0.460. The van der Waals surface area contributed by atoms with Crippen molar-refractivity contribution in [3.05, 3.63) is 59.6 Å². The van der Waals surface area contributed by atoms with E-state index in [0.29, 0.717) is 5.92 Å². The van der Waals surface area contributed by atoms with E-state index in [4.69, 9.17) is 0 Å². The van der Waals surface area contributed by atoms with E-state index in [1.807, 2.05) is 6.20 Å². The monoisotopic (exact) mass is 399 g/mol. The molecular weight excluding hydrogens is 378 g/mol. The molecule has 0 bridgehead atoms. The number of pyridine rings is 1. The first-order valence-electron chi connectivity index (χ1n) is 10.1. The number of H-pyrrole nitrogens is 2. The molecule has 6 heteroatoms. The van der Waals surface area contributed by atoms with Crippen LogP contribution >= 0.6 is 11.3 Å². The molecule has 1 fully saturated rings. The first kappa shape index (κ1) is 16.9. The fourth-order valence-corrected chi connectivity index (χ4v) is 5.21. The molecule has 5 nitrogen and oxygen atoms in total. The molecule has 4 aromatic heterocycles. The Kier molecular flexibility index (Phi) is 3.99. The highest BCUT2D eigenvalue weighted by molar-refractivity contribution is 7.13. The predicted octanol–water partition coefficient (Wildman–Crippen LogP) is 5.30. The van der Waals surface area contributed by atoms with Gasteiger partial charge < -0.3 is 10.3 Å². The standard InChI is InChI=1S/C23H21N5S/c1-2-21(29-11-1)16-7-10-25-23-17(16)13-20(26-23)22-18-12-15(3-4-19(18)27-28-22)14-5-8-24-9-6-14/h1-4,7,10-14,24H,5-6,8-9H2,(H,25,26)(H,27,28). The largest absolute Gasteiger partial charge is 0.338 e. The summed E-state index contributed by atoms with van der Waals surface area (Å²) in [5.74, 6) is 0.623. The zero-order valence-electron chi connectivity index (χ0n) is 15.9. The van der Waals surface area contributed by atoms with E-state index in [-0.39, 0.29) is 0 Å². The summed E-state index contributed by atoms with van der Waals surface area (Å²) in [4.78, 5) is 9.30. The summed E-state index contributed by atoms with van der Waals surface area (Å²) in [6.07, 6.45) is 4.26. The fraction of sp³-hybridized carbons (Fsp3) is 0.217. The van der Waals surface area contributed by atoms with E-state index in [1.54, 1.807) is 11.3 Å². The van der Waals surface area contributed by atoms with Crippen molar-refractivity contribution in [2.24, 2.45) is 0 Å². The van der Waals surface area contributed by atoms with Crippen LogP contribution in [0.2, 0.25) is 0 Å². The molecule has 5 aromatic rings. The van der Waals surface area contributed by atoms with Crippen LogP contribution in [0.1, 0.15) is 24.3 Å². The van der Waals surface area contributed by atoms with Gasteiger partial charge in [-0.3, -0.25) is 5.10 Å². The molecule has 0 amide bonds. The molecule has 0 radical (unpaired) electrons. The van der Waals surface area contributed by atoms with E-state index in [1.165, 1.54) is 34.2 Å². The Hall–Kier alpha value is -2.96. The highest BCUT2D eigenvalue weighted by atomic mass is 32.1. The van der Waals surface area contributed by atoms with Crippen molar-refractivity contribution >= 4 is 33.3 Å². The Bertz CT molecular complexity index is 1290. The Morgan fingerprint density at radius 2 is 1.93 bits per heavy atom. The number of hydrogen-bond acceptors (Lipinski definition) is 4. The third-order valence-corrected chi connectivity index (χ3v) is 6.87. The number of rotatable bonds is 3. The quantitative estimate of drug-likeness (QED) is 0.385. The van der Waals surface area contributed by atoms with Crippen molar-refractivity contribution in [3.8, 4) is 21.8 Å². The molecule has 0 saturated carbocycles. The van der Waals surface area contributed by atoms with Crippen molar-refractivity contribution in [2.45, 2.75) is 18.8 Å². The van der Waals surface area contributed by atoms with Gasteiger partial charge in [0.1, 0.15) is 11.3 Å². The average Bonchev–Trinajstić information content (AvgIpc) is 3.52. The zero-order chi connectivity index (χ0) is 19.2. The number of fused-ring (bicyclic) bond motifs is 2. The van der Waals surface area contributed by atoms with E-state index in [0.717, 1.165) is 41.0 Å². The summed E-state index contributed by atoms with van der Waals surface area (Å²) < 4.78 is 0. The van der Waals surface area contributed by atoms with Crippen LogP contribution in [0.25, 0.3) is 43.8 Å². The molecule has 0 spiro atoms. The molecule has 3 N–H and O–H groups in total. The minimum atomic E-state index is 0.623. The molecular formula is C23H21N5S. The van der Waals surface area contributed by atoms with Crippen molar-refractivity contribution in [1.82, 2.24) is 25.5 Å². The number of nitrogens with one attached hydrogen (secondary N) is 3. The SMILES string of the molecule is c1csc(-c2ccnc3[nH]c(-c4n[nH]c5ccc(C6CCNCC6)cc45)cc23)c1. The van der Waals surface area contributed by atoms with E-state index in [9.17, 15) is 0 Å². The van der Waals surface area contributed by atoms with Crippen LogP contribution in [0.4, 0.5) is 0 Å². The van der Waals surface area contributed by atoms with Gasteiger partial charge >= 0.3 is 0 Å². The highest BCUT2D eigenvalue weighted by Gasteiger charge is 2.18. The molecule has 6 rings (SSSR count). The summed E-state index contributed by atoms with van der Waals surface area (Å²) in [6, 6.07) is 15.3. The second-order valence-electron chi connectivity index (χ2n) is 7.68. The maximum atomic E-state index is 4.65. The van der Waals surface area contributed by atoms with Gasteiger partial charge in [-0.15, -0.1) is 11.3 Å². The van der Waals surface area contributed by atoms with Crippen molar-refractivity contribution < 1.29 is 0 Å². The lowest BCUT2D eigenvalue weighted by Gasteiger charge is -2.23. The fourth-order valence-electron chi connectivity index (χ4n) is 4.45. The van der Waals surface area contributed by atoms with Crippen molar-refractivity contribution in [3.63, 3.8) is 0 Å². The summed E-state index contributed by atoms with van der Waals surface area (Å²) in [7, 11) is 0. The first-order valence-corrected chi connectivity index (χ1v) is 11.0. The third-order valence-electron chi connectivity index (χ3n) is 5.97. The maximum Gasteiger partial charge on any atom is 0.138 e. The molecule has 5 heterocycles. The topological polar surface area (TPSA) is 69.4 Å². The average molecular weight is 400 g/mol. The van der Waals surface area contributed by atoms with Crippen LogP contribution in [-0.2, 0) is 0 Å². The second kappa shape index (κ2) is 6.83. The number of aromatic nitrogens is 4. The van der Waals surface area contributed by atoms with Crippen LogP contribution in [-0.4, -0.2) is 33.3 Å². The van der Waals surface area contributed by atoms with Gasteiger partial charge in [0.15, 0.2) is 0 Å². The molecule has 1 saturated heterocycles. The minimum absolute atomic E-state index is 0.623. The van der Waals surface area contributed by atoms with E-state index >= 15 is 0 Å². The molecule has 1 aliphatic rings. The van der Waals surface area contributed by atoms with Crippen LogP contribution < -0.4 is 5.32 Å². The van der Waals surface area contributed by atoms with Crippen LogP contribution in [0.15, 0.2) is 54.0 Å². The number of thiophene rings is 1. The smallest absolute Gasteiger partial charge is 0.138 e. The number of benzene rings is 1. The van der Waals surface area contributed by atoms with E-state index < -0.39 is 0 Å². The molecule has 0 aliphatic carbocycles. The predicted molar refractivity (Wildman–Crippen MR) is 119 cm³/mol. The van der Waals surface area contributed by atoms with Gasteiger partial charge in [0.2, 0.25) is 0 Å². The van der Waals surface area contributed by atoms with Gasteiger partial charge in [0.05, 0.1) is 11.2 Å². The lowest BCUT2D eigenvalue weighted by Crippen LogP contribution is -2.26. The molecule has 1 aromatic carbocycles. The highest BCUT2D eigenvalue weighted by Crippen LogP contribution is 2.36. The number of hydrogen-bond donors (Lipinski definition) is 3. The summed E-state index contributed by atoms with van der Waals surface area (Å²) in [5, 5.41) is 15.7.